The summed E-state index contributed by atoms with van der Waals surface area (Å²) in [5.74, 6) is -0.726. The van der Waals surface area contributed by atoms with Crippen molar-refractivity contribution in [2.75, 3.05) is 18.4 Å². The molecule has 32 heavy (non-hydrogen) atoms. The van der Waals surface area contributed by atoms with Crippen molar-refractivity contribution < 1.29 is 14.0 Å². The molecule has 0 atom stereocenters. The Kier molecular flexibility index (Phi) is 6.65. The molecule has 0 bridgehead atoms. The summed E-state index contributed by atoms with van der Waals surface area (Å²) in [5, 5.41) is 11.3. The molecule has 2 amide bonds. The Balaban J connectivity index is 1.28. The summed E-state index contributed by atoms with van der Waals surface area (Å²) in [6.45, 7) is 0.986. The maximum atomic E-state index is 13.1. The van der Waals surface area contributed by atoms with Crippen LogP contribution in [0.2, 0.25) is 0 Å². The van der Waals surface area contributed by atoms with Crippen LogP contribution in [-0.4, -0.2) is 29.8 Å². The van der Waals surface area contributed by atoms with Gasteiger partial charge in [0.15, 0.2) is 0 Å². The molecule has 3 aromatic rings. The van der Waals surface area contributed by atoms with E-state index in [9.17, 15) is 14.0 Å². The van der Waals surface area contributed by atoms with Crippen LogP contribution in [0, 0.1) is 11.7 Å². The minimum atomic E-state index is -0.371. The van der Waals surface area contributed by atoms with Gasteiger partial charge in [-0.15, -0.1) is 0 Å². The van der Waals surface area contributed by atoms with Gasteiger partial charge >= 0.3 is 0 Å². The summed E-state index contributed by atoms with van der Waals surface area (Å²) in [6, 6.07) is 22.2. The third-order valence-corrected chi connectivity index (χ3v) is 5.42. The van der Waals surface area contributed by atoms with Gasteiger partial charge in [0.05, 0.1) is 11.4 Å². The molecule has 162 valence electrons. The normalized spacial score (nSPS) is 14.5. The van der Waals surface area contributed by atoms with Crippen LogP contribution < -0.4 is 5.32 Å². The molecule has 1 N–H and O–H groups in total. The summed E-state index contributed by atoms with van der Waals surface area (Å²) in [4.78, 5) is 26.9. The number of amides is 2. The number of anilines is 1. The maximum Gasteiger partial charge on any atom is 0.253 e. The maximum absolute atomic E-state index is 13.1. The van der Waals surface area contributed by atoms with Crippen LogP contribution >= 0.6 is 0 Å². The first kappa shape index (κ1) is 21.4. The number of azo groups is 1. The molecule has 0 radical (unpaired) electrons. The first-order chi connectivity index (χ1) is 15.6. The van der Waals surface area contributed by atoms with Crippen molar-refractivity contribution in [3.63, 3.8) is 0 Å². The predicted octanol–water partition coefficient (Wildman–Crippen LogP) is 5.73. The van der Waals surface area contributed by atoms with Gasteiger partial charge < -0.3 is 10.2 Å². The monoisotopic (exact) mass is 430 g/mol. The molecule has 6 nitrogen and oxygen atoms in total. The average Bonchev–Trinajstić information content (AvgIpc) is 2.84. The lowest BCUT2D eigenvalue weighted by Gasteiger charge is -2.31. The Morgan fingerprint density at radius 3 is 2.03 bits per heavy atom. The highest BCUT2D eigenvalue weighted by Crippen LogP contribution is 2.23. The lowest BCUT2D eigenvalue weighted by atomic mass is 9.95. The second-order valence-electron chi connectivity index (χ2n) is 7.65. The molecule has 1 aliphatic rings. The molecule has 1 heterocycles. The molecular formula is C25H23FN4O2. The van der Waals surface area contributed by atoms with Crippen LogP contribution in [0.25, 0.3) is 0 Å². The molecule has 0 unspecified atom stereocenters. The van der Waals surface area contributed by atoms with Crippen molar-refractivity contribution in [1.29, 1.82) is 0 Å². The Morgan fingerprint density at radius 1 is 0.812 bits per heavy atom. The molecule has 7 heteroatoms. The van der Waals surface area contributed by atoms with Gasteiger partial charge in [0.2, 0.25) is 5.91 Å². The van der Waals surface area contributed by atoms with Crippen LogP contribution in [-0.2, 0) is 4.79 Å². The lowest BCUT2D eigenvalue weighted by Crippen LogP contribution is -2.41. The average molecular weight is 430 g/mol. The van der Waals surface area contributed by atoms with Crippen LogP contribution in [0.1, 0.15) is 23.2 Å². The zero-order valence-electron chi connectivity index (χ0n) is 17.4. The van der Waals surface area contributed by atoms with Crippen LogP contribution in [0.5, 0.6) is 0 Å². The number of halogens is 1. The highest BCUT2D eigenvalue weighted by atomic mass is 19.1. The van der Waals surface area contributed by atoms with Crippen molar-refractivity contribution >= 4 is 28.9 Å². The second-order valence-corrected chi connectivity index (χ2v) is 7.65. The summed E-state index contributed by atoms with van der Waals surface area (Å²) >= 11 is 0. The van der Waals surface area contributed by atoms with Gasteiger partial charge in [-0.25, -0.2) is 4.39 Å². The molecule has 0 spiro atoms. The number of hydrogen-bond donors (Lipinski definition) is 1. The molecule has 0 aliphatic carbocycles. The number of likely N-dealkylation sites (tertiary alicyclic amines) is 1. The number of carbonyl (C=O) groups excluding carboxylic acids is 2. The van der Waals surface area contributed by atoms with E-state index in [0.29, 0.717) is 42.9 Å². The van der Waals surface area contributed by atoms with Gasteiger partial charge in [-0.2, -0.15) is 10.2 Å². The fraction of sp³-hybridized carbons (Fsp3) is 0.200. The third kappa shape index (κ3) is 5.43. The molecule has 1 saturated heterocycles. The van der Waals surface area contributed by atoms with Crippen LogP contribution in [0.3, 0.4) is 0 Å². The summed E-state index contributed by atoms with van der Waals surface area (Å²) < 4.78 is 13.1. The molecule has 4 rings (SSSR count). The summed E-state index contributed by atoms with van der Waals surface area (Å²) in [6.07, 6.45) is 1.17. The minimum Gasteiger partial charge on any atom is -0.339 e. The smallest absolute Gasteiger partial charge is 0.253 e. The van der Waals surface area contributed by atoms with E-state index in [-0.39, 0.29) is 23.5 Å². The number of nitrogens with one attached hydrogen (secondary N) is 1. The van der Waals surface area contributed by atoms with E-state index in [0.717, 1.165) is 5.69 Å². The summed E-state index contributed by atoms with van der Waals surface area (Å²) in [7, 11) is 0. The first-order valence-corrected chi connectivity index (χ1v) is 10.5. The molecule has 0 saturated carbocycles. The zero-order chi connectivity index (χ0) is 22.3. The van der Waals surface area contributed by atoms with Gasteiger partial charge in [-0.3, -0.25) is 9.59 Å². The minimum absolute atomic E-state index is 0.0578. The van der Waals surface area contributed by atoms with E-state index in [1.807, 2.05) is 30.3 Å². The fourth-order valence-corrected chi connectivity index (χ4v) is 3.59. The highest BCUT2D eigenvalue weighted by Gasteiger charge is 2.27. The van der Waals surface area contributed by atoms with Gasteiger partial charge in [-0.1, -0.05) is 18.2 Å². The first-order valence-electron chi connectivity index (χ1n) is 10.5. The van der Waals surface area contributed by atoms with E-state index in [2.05, 4.69) is 15.5 Å². The Morgan fingerprint density at radius 2 is 1.41 bits per heavy atom. The molecular weight excluding hydrogens is 407 g/mol. The van der Waals surface area contributed by atoms with E-state index in [4.69, 9.17) is 0 Å². The number of rotatable bonds is 5. The fourth-order valence-electron chi connectivity index (χ4n) is 3.59. The Bertz CT molecular complexity index is 1090. The van der Waals surface area contributed by atoms with Crippen molar-refractivity contribution in [3.8, 4) is 0 Å². The third-order valence-electron chi connectivity index (χ3n) is 5.42. The molecule has 0 aromatic heterocycles. The second kappa shape index (κ2) is 9.96. The van der Waals surface area contributed by atoms with Gasteiger partial charge in [0.1, 0.15) is 5.82 Å². The lowest BCUT2D eigenvalue weighted by molar-refractivity contribution is -0.121. The SMILES string of the molecule is O=C(Nc1ccc(N=Nc2ccccc2)cc1)C1CCN(C(=O)c2ccc(F)cc2)CC1. The van der Waals surface area contributed by atoms with E-state index < -0.39 is 0 Å². The molecule has 1 aliphatic heterocycles. The van der Waals surface area contributed by atoms with E-state index in [1.54, 1.807) is 29.2 Å². The quantitative estimate of drug-likeness (QED) is 0.525. The van der Waals surface area contributed by atoms with Crippen LogP contribution in [0.4, 0.5) is 21.5 Å². The number of hydrogen-bond acceptors (Lipinski definition) is 4. The molecule has 1 fully saturated rings. The van der Waals surface area contributed by atoms with Gasteiger partial charge in [-0.05, 0) is 73.5 Å². The van der Waals surface area contributed by atoms with Crippen molar-refractivity contribution in [1.82, 2.24) is 4.90 Å². The highest BCUT2D eigenvalue weighted by molar-refractivity contribution is 5.95. The summed E-state index contributed by atoms with van der Waals surface area (Å²) in [5.41, 5.74) is 2.62. The Hall–Kier alpha value is -3.87. The topological polar surface area (TPSA) is 74.1 Å². The van der Waals surface area contributed by atoms with Crippen molar-refractivity contribution in [2.24, 2.45) is 16.1 Å². The van der Waals surface area contributed by atoms with E-state index in [1.165, 1.54) is 24.3 Å². The molecule has 3 aromatic carbocycles. The standard InChI is InChI=1S/C25H23FN4O2/c26-20-8-6-19(7-9-20)25(32)30-16-14-18(15-17-30)24(31)27-21-10-12-23(13-11-21)29-28-22-4-2-1-3-5-22/h1-13,18H,14-17H2,(H,27,31). The number of piperidine rings is 1. The predicted molar refractivity (Wildman–Crippen MR) is 121 cm³/mol. The Labute approximate surface area is 185 Å². The number of carbonyl (C=O) groups is 2. The van der Waals surface area contributed by atoms with Gasteiger partial charge in [0, 0.05) is 30.3 Å². The van der Waals surface area contributed by atoms with Crippen molar-refractivity contribution in [2.45, 2.75) is 12.8 Å². The number of nitrogens with zero attached hydrogens (tertiary/aromatic N) is 3. The number of benzene rings is 3. The van der Waals surface area contributed by atoms with Crippen LogP contribution in [0.15, 0.2) is 89.1 Å². The zero-order valence-corrected chi connectivity index (χ0v) is 17.4. The van der Waals surface area contributed by atoms with Crippen molar-refractivity contribution in [3.05, 3.63) is 90.2 Å². The van der Waals surface area contributed by atoms with Gasteiger partial charge in [0.25, 0.3) is 5.91 Å². The largest absolute Gasteiger partial charge is 0.339 e. The van der Waals surface area contributed by atoms with E-state index >= 15 is 0 Å².